The van der Waals surface area contributed by atoms with Crippen LogP contribution in [0.1, 0.15) is 49.9 Å². The van der Waals surface area contributed by atoms with Crippen LogP contribution in [-0.2, 0) is 31.1 Å². The van der Waals surface area contributed by atoms with Gasteiger partial charge in [0.1, 0.15) is 4.90 Å². The van der Waals surface area contributed by atoms with Gasteiger partial charge < -0.3 is 4.90 Å². The smallest absolute Gasteiger partial charge is 0.294 e. The lowest BCUT2D eigenvalue weighted by Gasteiger charge is -2.27. The van der Waals surface area contributed by atoms with Crippen molar-refractivity contribution in [2.45, 2.75) is 62.2 Å². The molecule has 6 rings (SSSR count). The van der Waals surface area contributed by atoms with E-state index in [9.17, 15) is 25.9 Å². The summed E-state index contributed by atoms with van der Waals surface area (Å²) in [6.07, 6.45) is 9.82. The molecule has 0 amide bonds. The number of nitrogens with zero attached hydrogens (tertiary/aromatic N) is 2. The average molecular weight is 696 g/mol. The number of fused-ring (bicyclic) bond motifs is 2. The number of allylic oxidation sites excluding steroid dienone is 6. The Morgan fingerprint density at radius 3 is 2.04 bits per heavy atom. The second-order valence-corrected chi connectivity index (χ2v) is 16.4. The van der Waals surface area contributed by atoms with E-state index in [-0.39, 0.29) is 9.79 Å². The van der Waals surface area contributed by atoms with E-state index in [0.29, 0.717) is 5.69 Å². The highest BCUT2D eigenvalue weighted by atomic mass is 32.2. The summed E-state index contributed by atoms with van der Waals surface area (Å²) in [6.45, 7) is 12.4. The molecule has 0 fully saturated rings. The zero-order chi connectivity index (χ0) is 35.5. The molecule has 0 radical (unpaired) electrons. The number of rotatable bonds is 7. The summed E-state index contributed by atoms with van der Waals surface area (Å²) in [7, 11) is -8.79. The van der Waals surface area contributed by atoms with Crippen LogP contribution in [0, 0.1) is 13.8 Å². The van der Waals surface area contributed by atoms with Gasteiger partial charge in [0, 0.05) is 46.6 Å². The molecule has 0 saturated heterocycles. The summed E-state index contributed by atoms with van der Waals surface area (Å²) in [4.78, 5) is 1.78. The van der Waals surface area contributed by atoms with E-state index >= 15 is 0 Å². The minimum Gasteiger partial charge on any atom is -0.313 e. The molecule has 2 aliphatic rings. The van der Waals surface area contributed by atoms with Gasteiger partial charge in [0.2, 0.25) is 11.4 Å². The molecule has 252 valence electrons. The Bertz CT molecular complexity index is 2370. The first kappa shape index (κ1) is 34.3. The van der Waals surface area contributed by atoms with Crippen molar-refractivity contribution in [2.75, 3.05) is 4.90 Å². The van der Waals surface area contributed by atoms with Crippen molar-refractivity contribution in [3.05, 3.63) is 143 Å². The summed E-state index contributed by atoms with van der Waals surface area (Å²) in [5, 5.41) is 0. The third kappa shape index (κ3) is 6.21. The number of aryl methyl sites for hydroxylation is 2. The Kier molecular flexibility index (Phi) is 8.44. The predicted octanol–water partition coefficient (Wildman–Crippen LogP) is 8.49. The van der Waals surface area contributed by atoms with Crippen LogP contribution in [0.3, 0.4) is 0 Å². The molecule has 0 spiro atoms. The summed E-state index contributed by atoms with van der Waals surface area (Å²) in [5.41, 5.74) is 8.17. The van der Waals surface area contributed by atoms with Crippen molar-refractivity contribution < 1.29 is 25.9 Å². The van der Waals surface area contributed by atoms with Crippen molar-refractivity contribution in [3.8, 4) is 0 Å². The summed E-state index contributed by atoms with van der Waals surface area (Å²) in [6, 6.07) is 25.3. The Morgan fingerprint density at radius 1 is 0.673 bits per heavy atom. The van der Waals surface area contributed by atoms with E-state index in [2.05, 4.69) is 30.9 Å². The van der Waals surface area contributed by atoms with Gasteiger partial charge in [-0.25, -0.2) is 0 Å². The van der Waals surface area contributed by atoms with Crippen LogP contribution in [0.25, 0.3) is 0 Å². The second kappa shape index (κ2) is 12.1. The fourth-order valence-electron chi connectivity index (χ4n) is 6.84. The fourth-order valence-corrected chi connectivity index (χ4v) is 7.87. The Hall–Kier alpha value is -4.61. The van der Waals surface area contributed by atoms with E-state index in [1.54, 1.807) is 18.2 Å². The van der Waals surface area contributed by atoms with Crippen LogP contribution in [0.4, 0.5) is 22.7 Å². The van der Waals surface area contributed by atoms with Gasteiger partial charge in [-0.05, 0) is 87.4 Å². The number of hydrogen-bond donors (Lipinski definition) is 2. The highest BCUT2D eigenvalue weighted by Gasteiger charge is 2.45. The second-order valence-electron chi connectivity index (χ2n) is 13.6. The monoisotopic (exact) mass is 695 g/mol. The quantitative estimate of drug-likeness (QED) is 0.113. The molecule has 49 heavy (non-hydrogen) atoms. The molecule has 4 aromatic carbocycles. The lowest BCUT2D eigenvalue weighted by atomic mass is 9.81. The van der Waals surface area contributed by atoms with Crippen molar-refractivity contribution >= 4 is 48.7 Å². The maximum absolute atomic E-state index is 12.0. The van der Waals surface area contributed by atoms with E-state index in [0.717, 1.165) is 50.7 Å². The van der Waals surface area contributed by atoms with Gasteiger partial charge in [-0.15, -0.1) is 0 Å². The molecule has 2 aliphatic heterocycles. The molecular formula is C39H39N2O6S2+. The average Bonchev–Trinajstić information content (AvgIpc) is 3.38. The van der Waals surface area contributed by atoms with Gasteiger partial charge >= 0.3 is 0 Å². The van der Waals surface area contributed by atoms with Crippen LogP contribution in [0.2, 0.25) is 0 Å². The molecule has 0 atom stereocenters. The standard InChI is InChI=1S/C39H38N2O6S2/c1-26-12-10-13-28(22-26)40-35-21-19-31(49(45,46)47)25-33(35)39(5,6)37(40)17-9-7-8-16-36-38(3,4)32-23-27(2)18-20-34(32)41(36)29-14-11-15-30(24-29)48(42,43)44/h7-25H,1-6H3,(H-,42,43,44,45,46,47)/p+1. The van der Waals surface area contributed by atoms with Crippen molar-refractivity contribution in [1.29, 1.82) is 0 Å². The zero-order valence-corrected chi connectivity index (χ0v) is 29.8. The zero-order valence-electron chi connectivity index (χ0n) is 28.2. The van der Waals surface area contributed by atoms with Gasteiger partial charge in [0.15, 0.2) is 5.71 Å². The van der Waals surface area contributed by atoms with E-state index < -0.39 is 31.1 Å². The lowest BCUT2D eigenvalue weighted by molar-refractivity contribution is 0.480. The van der Waals surface area contributed by atoms with Crippen LogP contribution in [0.15, 0.2) is 131 Å². The highest BCUT2D eigenvalue weighted by molar-refractivity contribution is 7.86. The molecule has 0 aromatic heterocycles. The molecule has 2 heterocycles. The highest BCUT2D eigenvalue weighted by Crippen LogP contribution is 2.52. The largest absolute Gasteiger partial charge is 0.313 e. The first-order valence-corrected chi connectivity index (χ1v) is 18.7. The Balaban J connectivity index is 1.44. The SMILES string of the molecule is Cc1cccc(N2/C(=C/C=C/C=C/C3=[N+](c4cccc(S(=O)(=O)O)c4)c4ccc(C)cc4C3(C)C)C(C)(C)c3cc(S(=O)(=O)O)ccc32)c1. The first-order chi connectivity index (χ1) is 22.9. The van der Waals surface area contributed by atoms with Crippen LogP contribution in [0.5, 0.6) is 0 Å². The molecule has 0 bridgehead atoms. The number of anilines is 2. The predicted molar refractivity (Wildman–Crippen MR) is 196 cm³/mol. The number of hydrogen-bond acceptors (Lipinski definition) is 5. The maximum atomic E-state index is 12.0. The van der Waals surface area contributed by atoms with Crippen LogP contribution >= 0.6 is 0 Å². The molecule has 2 N–H and O–H groups in total. The summed E-state index contributed by atoms with van der Waals surface area (Å²) >= 11 is 0. The Morgan fingerprint density at radius 2 is 1.35 bits per heavy atom. The van der Waals surface area contributed by atoms with Crippen LogP contribution in [-0.4, -0.2) is 31.7 Å². The van der Waals surface area contributed by atoms with E-state index in [1.165, 1.54) is 18.2 Å². The minimum absolute atomic E-state index is 0.151. The van der Waals surface area contributed by atoms with Crippen molar-refractivity contribution in [3.63, 3.8) is 0 Å². The lowest BCUT2D eigenvalue weighted by Crippen LogP contribution is -2.27. The van der Waals surface area contributed by atoms with Crippen LogP contribution < -0.4 is 9.48 Å². The minimum atomic E-state index is -4.40. The van der Waals surface area contributed by atoms with Gasteiger partial charge in [-0.2, -0.15) is 21.4 Å². The fraction of sp³-hybridized carbons (Fsp3) is 0.205. The molecular weight excluding hydrogens is 657 g/mol. The molecule has 0 aliphatic carbocycles. The van der Waals surface area contributed by atoms with Gasteiger partial charge in [0.05, 0.1) is 16.0 Å². The number of benzene rings is 4. The molecule has 8 nitrogen and oxygen atoms in total. The molecule has 0 unspecified atom stereocenters. The molecule has 0 saturated carbocycles. The van der Waals surface area contributed by atoms with Gasteiger partial charge in [0.25, 0.3) is 20.2 Å². The topological polar surface area (TPSA) is 115 Å². The van der Waals surface area contributed by atoms with Crippen molar-refractivity contribution in [1.82, 2.24) is 4.58 Å². The Labute approximate surface area is 288 Å². The van der Waals surface area contributed by atoms with Gasteiger partial charge in [-0.1, -0.05) is 61.9 Å². The molecule has 4 aromatic rings. The van der Waals surface area contributed by atoms with Crippen molar-refractivity contribution in [2.24, 2.45) is 0 Å². The first-order valence-electron chi connectivity index (χ1n) is 15.8. The summed E-state index contributed by atoms with van der Waals surface area (Å²) in [5.74, 6) is 0. The maximum Gasteiger partial charge on any atom is 0.294 e. The third-order valence-electron chi connectivity index (χ3n) is 9.37. The van der Waals surface area contributed by atoms with E-state index in [1.807, 2.05) is 99.0 Å². The third-order valence-corrected chi connectivity index (χ3v) is 11.1. The van der Waals surface area contributed by atoms with E-state index in [4.69, 9.17) is 0 Å². The normalized spacial score (nSPS) is 17.8. The molecule has 10 heteroatoms. The van der Waals surface area contributed by atoms with Gasteiger partial charge in [-0.3, -0.25) is 9.11 Å². The summed E-state index contributed by atoms with van der Waals surface area (Å²) < 4.78 is 69.7.